The van der Waals surface area contributed by atoms with E-state index in [4.69, 9.17) is 0 Å². The fourth-order valence-corrected chi connectivity index (χ4v) is 1.15. The van der Waals surface area contributed by atoms with E-state index in [-0.39, 0.29) is 6.42 Å². The van der Waals surface area contributed by atoms with Gasteiger partial charge in [0.25, 0.3) is 0 Å². The summed E-state index contributed by atoms with van der Waals surface area (Å²) in [5.41, 5.74) is 1.83. The average molecular weight is 233 g/mol. The summed E-state index contributed by atoms with van der Waals surface area (Å²) in [5.74, 6) is -0.415. The molecule has 0 saturated heterocycles. The van der Waals surface area contributed by atoms with Gasteiger partial charge < -0.3 is 0 Å². The second kappa shape index (κ2) is 4.98. The number of hydrogen-bond donors (Lipinski definition) is 1. The first-order valence-corrected chi connectivity index (χ1v) is 4.41. The normalized spacial score (nSPS) is 11.2. The zero-order valence-electron chi connectivity index (χ0n) is 8.47. The van der Waals surface area contributed by atoms with Crippen molar-refractivity contribution in [2.24, 2.45) is 0 Å². The summed E-state index contributed by atoms with van der Waals surface area (Å²) in [5, 5.41) is 0. The van der Waals surface area contributed by atoms with Gasteiger partial charge in [0.15, 0.2) is 0 Å². The Labute approximate surface area is 90.2 Å². The fraction of sp³-hybridized carbons (Fsp3) is 0.300. The Morgan fingerprint density at radius 2 is 1.88 bits per heavy atom. The zero-order chi connectivity index (χ0) is 12.2. The zero-order valence-corrected chi connectivity index (χ0v) is 8.47. The highest BCUT2D eigenvalue weighted by Crippen LogP contribution is 2.29. The second-order valence-electron chi connectivity index (χ2n) is 3.10. The van der Waals surface area contributed by atoms with Crippen molar-refractivity contribution in [3.05, 3.63) is 35.4 Å². The highest BCUT2D eigenvalue weighted by atomic mass is 19.4. The number of alkyl halides is 3. The van der Waals surface area contributed by atoms with E-state index in [1.54, 1.807) is 0 Å². The van der Waals surface area contributed by atoms with Gasteiger partial charge in [-0.2, -0.15) is 13.2 Å². The standard InChI is InChI=1S/C10H10F3NO2/c1-16-14-9(15)6-7-2-4-8(5-3-7)10(11,12)13/h2-5H,6H2,1H3,(H,14,15). The first kappa shape index (κ1) is 12.5. The molecule has 0 aromatic heterocycles. The first-order chi connectivity index (χ1) is 7.43. The van der Waals surface area contributed by atoms with Crippen LogP contribution in [0.1, 0.15) is 11.1 Å². The lowest BCUT2D eigenvalue weighted by molar-refractivity contribution is -0.137. The van der Waals surface area contributed by atoms with E-state index in [1.807, 2.05) is 0 Å². The summed E-state index contributed by atoms with van der Waals surface area (Å²) in [6.45, 7) is 0. The number of hydroxylamine groups is 1. The molecule has 0 unspecified atom stereocenters. The maximum atomic E-state index is 12.2. The van der Waals surface area contributed by atoms with Gasteiger partial charge in [0.1, 0.15) is 0 Å². The minimum absolute atomic E-state index is 0.0218. The number of rotatable bonds is 3. The summed E-state index contributed by atoms with van der Waals surface area (Å²) >= 11 is 0. The molecule has 1 rings (SSSR count). The molecule has 1 aromatic rings. The van der Waals surface area contributed by atoms with Crippen LogP contribution in [0.5, 0.6) is 0 Å². The van der Waals surface area contributed by atoms with Crippen molar-refractivity contribution >= 4 is 5.91 Å². The van der Waals surface area contributed by atoms with E-state index < -0.39 is 17.6 Å². The van der Waals surface area contributed by atoms with Gasteiger partial charge in [-0.05, 0) is 17.7 Å². The molecule has 6 heteroatoms. The maximum absolute atomic E-state index is 12.2. The molecule has 88 valence electrons. The molecular weight excluding hydrogens is 223 g/mol. The van der Waals surface area contributed by atoms with Gasteiger partial charge in [0, 0.05) is 0 Å². The van der Waals surface area contributed by atoms with Crippen molar-refractivity contribution in [1.29, 1.82) is 0 Å². The maximum Gasteiger partial charge on any atom is 0.416 e. The molecule has 0 atom stereocenters. The molecule has 3 nitrogen and oxygen atoms in total. The molecule has 0 aliphatic carbocycles. The van der Waals surface area contributed by atoms with Crippen LogP contribution in [0.4, 0.5) is 13.2 Å². The molecule has 0 bridgehead atoms. The van der Waals surface area contributed by atoms with Gasteiger partial charge in [0.2, 0.25) is 5.91 Å². The van der Waals surface area contributed by atoms with Crippen molar-refractivity contribution in [2.45, 2.75) is 12.6 Å². The van der Waals surface area contributed by atoms with Gasteiger partial charge in [-0.25, -0.2) is 5.48 Å². The predicted molar refractivity (Wildman–Crippen MR) is 50.3 cm³/mol. The molecule has 0 radical (unpaired) electrons. The van der Waals surface area contributed by atoms with Crippen LogP contribution in [0.2, 0.25) is 0 Å². The van der Waals surface area contributed by atoms with E-state index in [9.17, 15) is 18.0 Å². The Morgan fingerprint density at radius 1 is 1.31 bits per heavy atom. The lowest BCUT2D eigenvalue weighted by atomic mass is 10.1. The van der Waals surface area contributed by atoms with E-state index in [0.29, 0.717) is 5.56 Å². The van der Waals surface area contributed by atoms with Crippen molar-refractivity contribution in [2.75, 3.05) is 7.11 Å². The van der Waals surface area contributed by atoms with Gasteiger partial charge in [-0.3, -0.25) is 9.63 Å². The Kier molecular flexibility index (Phi) is 3.89. The van der Waals surface area contributed by atoms with Crippen LogP contribution in [0.25, 0.3) is 0 Å². The topological polar surface area (TPSA) is 38.3 Å². The van der Waals surface area contributed by atoms with E-state index >= 15 is 0 Å². The number of halogens is 3. The molecule has 0 fully saturated rings. The Balaban J connectivity index is 2.69. The molecule has 1 amide bonds. The minimum Gasteiger partial charge on any atom is -0.277 e. The van der Waals surface area contributed by atoms with E-state index in [1.165, 1.54) is 19.2 Å². The molecule has 0 saturated carbocycles. The van der Waals surface area contributed by atoms with E-state index in [0.717, 1.165) is 12.1 Å². The van der Waals surface area contributed by atoms with Crippen LogP contribution in [-0.2, 0) is 22.2 Å². The molecule has 0 heterocycles. The summed E-state index contributed by atoms with van der Waals surface area (Å²) in [4.78, 5) is 15.4. The molecule has 0 spiro atoms. The van der Waals surface area contributed by atoms with Crippen molar-refractivity contribution < 1.29 is 22.8 Å². The quantitative estimate of drug-likeness (QED) is 0.810. The van der Waals surface area contributed by atoms with Crippen LogP contribution in [0.3, 0.4) is 0 Å². The van der Waals surface area contributed by atoms with Crippen LogP contribution < -0.4 is 5.48 Å². The molecule has 1 N–H and O–H groups in total. The first-order valence-electron chi connectivity index (χ1n) is 4.41. The Morgan fingerprint density at radius 3 is 2.31 bits per heavy atom. The lowest BCUT2D eigenvalue weighted by Gasteiger charge is -2.07. The average Bonchev–Trinajstić information content (AvgIpc) is 2.17. The molecule has 0 aliphatic heterocycles. The summed E-state index contributed by atoms with van der Waals surface area (Å²) in [6, 6.07) is 4.40. The van der Waals surface area contributed by atoms with Crippen LogP contribution in [0.15, 0.2) is 24.3 Å². The third-order valence-corrected chi connectivity index (χ3v) is 1.86. The highest BCUT2D eigenvalue weighted by Gasteiger charge is 2.29. The lowest BCUT2D eigenvalue weighted by Crippen LogP contribution is -2.23. The van der Waals surface area contributed by atoms with Gasteiger partial charge in [0.05, 0.1) is 19.1 Å². The van der Waals surface area contributed by atoms with E-state index in [2.05, 4.69) is 10.3 Å². The van der Waals surface area contributed by atoms with Gasteiger partial charge in [-0.15, -0.1) is 0 Å². The third kappa shape index (κ3) is 3.54. The molecule has 1 aromatic carbocycles. The Bertz CT molecular complexity index is 359. The summed E-state index contributed by atoms with van der Waals surface area (Å²) in [6.07, 6.45) is -4.38. The highest BCUT2D eigenvalue weighted by molar-refractivity contribution is 5.77. The minimum atomic E-state index is -4.35. The van der Waals surface area contributed by atoms with Crippen LogP contribution in [-0.4, -0.2) is 13.0 Å². The van der Waals surface area contributed by atoms with Gasteiger partial charge in [-0.1, -0.05) is 12.1 Å². The molecule has 0 aliphatic rings. The number of carbonyl (C=O) groups is 1. The third-order valence-electron chi connectivity index (χ3n) is 1.86. The number of carbonyl (C=O) groups excluding carboxylic acids is 1. The number of benzene rings is 1. The smallest absolute Gasteiger partial charge is 0.277 e. The predicted octanol–water partition coefficient (Wildman–Crippen LogP) is 1.93. The van der Waals surface area contributed by atoms with Crippen molar-refractivity contribution in [3.63, 3.8) is 0 Å². The second-order valence-corrected chi connectivity index (χ2v) is 3.10. The number of hydrogen-bond acceptors (Lipinski definition) is 2. The van der Waals surface area contributed by atoms with Crippen LogP contribution >= 0.6 is 0 Å². The number of nitrogens with one attached hydrogen (secondary N) is 1. The monoisotopic (exact) mass is 233 g/mol. The van der Waals surface area contributed by atoms with Crippen LogP contribution in [0, 0.1) is 0 Å². The molecular formula is C10H10F3NO2. The summed E-state index contributed by atoms with van der Waals surface area (Å²) in [7, 11) is 1.28. The largest absolute Gasteiger partial charge is 0.416 e. The Hall–Kier alpha value is -1.56. The number of amides is 1. The fourth-order valence-electron chi connectivity index (χ4n) is 1.15. The van der Waals surface area contributed by atoms with Crippen molar-refractivity contribution in [3.8, 4) is 0 Å². The summed E-state index contributed by atoms with van der Waals surface area (Å²) < 4.78 is 36.6. The van der Waals surface area contributed by atoms with Crippen molar-refractivity contribution in [1.82, 2.24) is 5.48 Å². The molecule has 16 heavy (non-hydrogen) atoms. The SMILES string of the molecule is CONC(=O)Cc1ccc(C(F)(F)F)cc1. The van der Waals surface area contributed by atoms with Gasteiger partial charge >= 0.3 is 6.18 Å².